The third kappa shape index (κ3) is 37.9. The quantitative estimate of drug-likeness (QED) is 0.251. The molecule has 0 aromatic heterocycles. The van der Waals surface area contributed by atoms with E-state index >= 15 is 0 Å². The molecule has 31 heavy (non-hydrogen) atoms. The van der Waals surface area contributed by atoms with Crippen molar-refractivity contribution in [2.75, 3.05) is 0 Å². The van der Waals surface area contributed by atoms with Crippen LogP contribution in [0.25, 0.3) is 16.0 Å². The largest absolute Gasteiger partial charge is 4.00 e. The zero-order valence-corrected chi connectivity index (χ0v) is 27.1. The second-order valence-corrected chi connectivity index (χ2v) is 15.5. The van der Waals surface area contributed by atoms with Gasteiger partial charge in [0.2, 0.25) is 0 Å². The van der Waals surface area contributed by atoms with Crippen LogP contribution in [0.5, 0.6) is 0 Å². The fourth-order valence-corrected chi connectivity index (χ4v) is 3.86. The molecule has 1 rings (SSSR count). The molecule has 0 atom stereocenters. The van der Waals surface area contributed by atoms with E-state index in [2.05, 4.69) is 143 Å². The minimum absolute atomic E-state index is 0. The van der Waals surface area contributed by atoms with Gasteiger partial charge >= 0.3 is 26.2 Å². The summed E-state index contributed by atoms with van der Waals surface area (Å²) in [4.78, 5) is 0. The second kappa shape index (κ2) is 22.1. The first kappa shape index (κ1) is 38.6. The van der Waals surface area contributed by atoms with E-state index in [-0.39, 0.29) is 26.2 Å². The molecule has 0 amide bonds. The minimum Gasteiger partial charge on any atom is -0.658 e. The maximum atomic E-state index is 4.28. The Labute approximate surface area is 217 Å². The van der Waals surface area contributed by atoms with Crippen molar-refractivity contribution in [1.82, 2.24) is 0 Å². The van der Waals surface area contributed by atoms with Crippen LogP contribution in [-0.2, 0) is 26.2 Å². The first-order chi connectivity index (χ1) is 13.5. The van der Waals surface area contributed by atoms with Crippen molar-refractivity contribution in [2.24, 2.45) is 0 Å². The molecule has 0 saturated carbocycles. The van der Waals surface area contributed by atoms with E-state index in [0.717, 1.165) is 0 Å². The summed E-state index contributed by atoms with van der Waals surface area (Å²) < 4.78 is 0. The number of hydrogen-bond donors (Lipinski definition) is 0. The zero-order chi connectivity index (χ0) is 24.5. The summed E-state index contributed by atoms with van der Waals surface area (Å²) in [6, 6.07) is 11.7. The van der Waals surface area contributed by atoms with Crippen molar-refractivity contribution >= 4 is 13.3 Å². The predicted octanol–water partition coefficient (Wildman–Crippen LogP) is 8.48. The van der Waals surface area contributed by atoms with Crippen molar-refractivity contribution in [1.29, 1.82) is 0 Å². The van der Waals surface area contributed by atoms with E-state index in [4.69, 9.17) is 0 Å². The molecule has 0 aliphatic heterocycles. The summed E-state index contributed by atoms with van der Waals surface area (Å²) in [5, 5.41) is 14.4. The number of rotatable bonds is 7. The SMILES string of the molecule is CC(C)[N-]C(C)C.CC(C)[N-]C(C)C.CC(C)[N-]C(C)C.C[Si](C)(C)[c-]1cccc1.[Zr+4]. The summed E-state index contributed by atoms with van der Waals surface area (Å²) in [6.45, 7) is 32.3. The van der Waals surface area contributed by atoms with Crippen LogP contribution >= 0.6 is 0 Å². The fraction of sp³-hybridized carbons (Fsp3) is 0.808. The van der Waals surface area contributed by atoms with Crippen LogP contribution in [0.2, 0.25) is 19.6 Å². The number of hydrogen-bond acceptors (Lipinski definition) is 0. The molecule has 0 aliphatic carbocycles. The van der Waals surface area contributed by atoms with Gasteiger partial charge < -0.3 is 16.0 Å². The monoisotopic (exact) mass is 527 g/mol. The molecule has 0 aliphatic rings. The first-order valence-corrected chi connectivity index (χ1v) is 15.3. The Bertz CT molecular complexity index is 396. The Balaban J connectivity index is -0.000000156. The van der Waals surface area contributed by atoms with Gasteiger partial charge in [-0.25, -0.2) is 12.1 Å². The van der Waals surface area contributed by atoms with Gasteiger partial charge in [-0.15, -0.1) is 36.3 Å². The molecule has 182 valence electrons. The van der Waals surface area contributed by atoms with Gasteiger partial charge in [-0.1, -0.05) is 103 Å². The van der Waals surface area contributed by atoms with E-state index in [0.29, 0.717) is 36.3 Å². The normalized spacial score (nSPS) is 11.0. The van der Waals surface area contributed by atoms with Crippen LogP contribution in [-0.4, -0.2) is 44.3 Å². The van der Waals surface area contributed by atoms with E-state index in [1.807, 2.05) is 0 Å². The number of nitrogens with zero attached hydrogens (tertiary/aromatic N) is 3. The predicted molar refractivity (Wildman–Crippen MR) is 146 cm³/mol. The maximum absolute atomic E-state index is 4.28. The molecule has 5 heteroatoms. The Kier molecular flexibility index (Phi) is 27.6. The molecule has 0 unspecified atom stereocenters. The Morgan fingerprint density at radius 3 is 0.742 bits per heavy atom. The molecule has 1 aromatic carbocycles. The van der Waals surface area contributed by atoms with Gasteiger partial charge in [0.25, 0.3) is 0 Å². The second-order valence-electron chi connectivity index (χ2n) is 10.4. The van der Waals surface area contributed by atoms with Gasteiger partial charge in [-0.05, 0) is 0 Å². The topological polar surface area (TPSA) is 42.3 Å². The summed E-state index contributed by atoms with van der Waals surface area (Å²) in [5.41, 5.74) is 0. The third-order valence-corrected chi connectivity index (χ3v) is 5.38. The van der Waals surface area contributed by atoms with Crippen LogP contribution in [0.4, 0.5) is 0 Å². The molecule has 0 N–H and O–H groups in total. The van der Waals surface area contributed by atoms with Gasteiger partial charge in [0.1, 0.15) is 0 Å². The van der Waals surface area contributed by atoms with Crippen LogP contribution in [0.3, 0.4) is 0 Å². The molecule has 0 fully saturated rings. The molecule has 0 radical (unpaired) electrons. The molecule has 0 spiro atoms. The Morgan fingerprint density at radius 1 is 0.484 bits per heavy atom. The van der Waals surface area contributed by atoms with E-state index in [1.54, 1.807) is 5.19 Å². The fourth-order valence-electron chi connectivity index (χ4n) is 2.66. The minimum atomic E-state index is -0.981. The molecule has 3 nitrogen and oxygen atoms in total. The van der Waals surface area contributed by atoms with Gasteiger partial charge in [0.15, 0.2) is 0 Å². The zero-order valence-electron chi connectivity index (χ0n) is 23.6. The standard InChI is InChI=1S/C8H13Si.3C6H14N.Zr/c1-9(2,3)8-6-4-5-7-8;3*1-5(2)7-6(3)4;/h4-7H,1-3H3;3*5-6H,1-4H3;/q4*-1;+4. The molecule has 0 heterocycles. The van der Waals surface area contributed by atoms with Crippen molar-refractivity contribution in [2.45, 2.75) is 139 Å². The van der Waals surface area contributed by atoms with E-state index < -0.39 is 8.07 Å². The van der Waals surface area contributed by atoms with Crippen LogP contribution in [0.1, 0.15) is 83.1 Å². The van der Waals surface area contributed by atoms with Crippen molar-refractivity contribution < 1.29 is 26.2 Å². The first-order valence-electron chi connectivity index (χ1n) is 11.8. The smallest absolute Gasteiger partial charge is 0.658 e. The Hall–Kier alpha value is 0.330. The van der Waals surface area contributed by atoms with Crippen LogP contribution in [0.15, 0.2) is 24.3 Å². The average Bonchev–Trinajstić information content (AvgIpc) is 2.98. The molecule has 1 aromatic rings. The molecular formula is C26H55N3SiZr. The molecule has 0 bridgehead atoms. The maximum Gasteiger partial charge on any atom is 4.00 e. The van der Waals surface area contributed by atoms with Crippen molar-refractivity contribution in [3.05, 3.63) is 40.2 Å². The van der Waals surface area contributed by atoms with Gasteiger partial charge in [-0.2, -0.15) is 17.3 Å². The summed E-state index contributed by atoms with van der Waals surface area (Å²) in [5.74, 6) is 0. The van der Waals surface area contributed by atoms with E-state index in [9.17, 15) is 0 Å². The van der Waals surface area contributed by atoms with Gasteiger partial charge in [0.05, 0.1) is 0 Å². The van der Waals surface area contributed by atoms with E-state index in [1.165, 1.54) is 0 Å². The van der Waals surface area contributed by atoms with Gasteiger partial charge in [-0.3, -0.25) is 0 Å². The Morgan fingerprint density at radius 2 is 0.677 bits per heavy atom. The molecule has 0 saturated heterocycles. The van der Waals surface area contributed by atoms with Crippen molar-refractivity contribution in [3.63, 3.8) is 0 Å². The van der Waals surface area contributed by atoms with Gasteiger partial charge in [0, 0.05) is 8.07 Å². The van der Waals surface area contributed by atoms with Crippen molar-refractivity contribution in [3.8, 4) is 0 Å². The average molecular weight is 529 g/mol. The summed E-state index contributed by atoms with van der Waals surface area (Å²) in [6.07, 6.45) is 0. The third-order valence-electron chi connectivity index (χ3n) is 3.32. The van der Waals surface area contributed by atoms with Crippen LogP contribution < -0.4 is 5.19 Å². The van der Waals surface area contributed by atoms with Crippen LogP contribution in [0, 0.1) is 0 Å². The summed E-state index contributed by atoms with van der Waals surface area (Å²) in [7, 11) is -0.981. The summed E-state index contributed by atoms with van der Waals surface area (Å²) >= 11 is 0. The molecular weight excluding hydrogens is 474 g/mol.